The first kappa shape index (κ1) is 18.6. The molecule has 1 fully saturated rings. The van der Waals surface area contributed by atoms with Gasteiger partial charge < -0.3 is 14.5 Å². The van der Waals surface area contributed by atoms with E-state index in [1.807, 2.05) is 49.9 Å². The second-order valence-electron chi connectivity index (χ2n) is 6.35. The number of benzene rings is 1. The molecule has 1 aromatic rings. The summed E-state index contributed by atoms with van der Waals surface area (Å²) in [5.74, 6) is 0.999. The van der Waals surface area contributed by atoms with Crippen LogP contribution in [0, 0.1) is 5.92 Å². The van der Waals surface area contributed by atoms with Gasteiger partial charge in [0.25, 0.3) is 0 Å². The molecule has 0 spiro atoms. The Hall–Kier alpha value is -1.69. The SMILES string of the molecule is COc1ccc(C2SC(C)C(=O)N2CCN(C)C(=O)C(C)C)cc1. The molecule has 0 aliphatic carbocycles. The molecule has 1 heterocycles. The van der Waals surface area contributed by atoms with Crippen LogP contribution in [0.25, 0.3) is 0 Å². The monoisotopic (exact) mass is 350 g/mol. The highest BCUT2D eigenvalue weighted by Crippen LogP contribution is 2.42. The van der Waals surface area contributed by atoms with Crippen molar-refractivity contribution in [1.29, 1.82) is 0 Å². The molecule has 132 valence electrons. The molecule has 2 unspecified atom stereocenters. The zero-order valence-electron chi connectivity index (χ0n) is 15.0. The quantitative estimate of drug-likeness (QED) is 0.792. The summed E-state index contributed by atoms with van der Waals surface area (Å²) in [6.45, 7) is 6.80. The van der Waals surface area contributed by atoms with E-state index in [4.69, 9.17) is 4.74 Å². The molecule has 1 aromatic carbocycles. The van der Waals surface area contributed by atoms with E-state index in [1.165, 1.54) is 0 Å². The maximum atomic E-state index is 12.5. The number of hydrogen-bond acceptors (Lipinski definition) is 4. The summed E-state index contributed by atoms with van der Waals surface area (Å²) >= 11 is 1.65. The van der Waals surface area contributed by atoms with Crippen LogP contribution in [0.5, 0.6) is 5.75 Å². The number of carbonyl (C=O) groups is 2. The average Bonchev–Trinajstić information content (AvgIpc) is 2.86. The minimum atomic E-state index is -0.0665. The average molecular weight is 350 g/mol. The van der Waals surface area contributed by atoms with Crippen LogP contribution in [-0.4, -0.2) is 54.1 Å². The molecule has 2 amide bonds. The van der Waals surface area contributed by atoms with E-state index in [-0.39, 0.29) is 28.4 Å². The van der Waals surface area contributed by atoms with Crippen LogP contribution in [0.2, 0.25) is 0 Å². The first-order chi connectivity index (χ1) is 11.3. The second-order valence-corrected chi connectivity index (χ2v) is 7.78. The summed E-state index contributed by atoms with van der Waals surface area (Å²) < 4.78 is 5.20. The number of ether oxygens (including phenoxy) is 1. The van der Waals surface area contributed by atoms with E-state index < -0.39 is 0 Å². The Balaban J connectivity index is 2.09. The highest BCUT2D eigenvalue weighted by Gasteiger charge is 2.38. The first-order valence-corrected chi connectivity index (χ1v) is 9.14. The van der Waals surface area contributed by atoms with Crippen LogP contribution in [0.1, 0.15) is 31.7 Å². The fourth-order valence-electron chi connectivity index (χ4n) is 2.74. The predicted molar refractivity (Wildman–Crippen MR) is 97.0 cm³/mol. The van der Waals surface area contributed by atoms with Gasteiger partial charge in [-0.2, -0.15) is 0 Å². The smallest absolute Gasteiger partial charge is 0.236 e. The third kappa shape index (κ3) is 4.04. The van der Waals surface area contributed by atoms with Gasteiger partial charge in [0, 0.05) is 26.1 Å². The standard InChI is InChI=1S/C18H26N2O3S/c1-12(2)16(21)19(4)10-11-20-17(22)13(3)24-18(20)14-6-8-15(23-5)9-7-14/h6-9,12-13,18H,10-11H2,1-5H3. The molecule has 1 aliphatic heterocycles. The molecule has 0 radical (unpaired) electrons. The van der Waals surface area contributed by atoms with E-state index in [9.17, 15) is 9.59 Å². The van der Waals surface area contributed by atoms with Crippen molar-refractivity contribution in [2.24, 2.45) is 5.92 Å². The summed E-state index contributed by atoms with van der Waals surface area (Å²) in [5.41, 5.74) is 1.08. The minimum absolute atomic E-state index is 0.0130. The van der Waals surface area contributed by atoms with Gasteiger partial charge in [0.2, 0.25) is 11.8 Å². The molecule has 24 heavy (non-hydrogen) atoms. The molecule has 0 saturated carbocycles. The Labute approximate surface area is 148 Å². The van der Waals surface area contributed by atoms with Gasteiger partial charge in [0.15, 0.2) is 0 Å². The molecule has 1 saturated heterocycles. The molecule has 2 atom stereocenters. The molecule has 5 nitrogen and oxygen atoms in total. The topological polar surface area (TPSA) is 49.9 Å². The van der Waals surface area contributed by atoms with Gasteiger partial charge in [-0.3, -0.25) is 9.59 Å². The number of carbonyl (C=O) groups excluding carboxylic acids is 2. The Morgan fingerprint density at radius 1 is 1.33 bits per heavy atom. The van der Waals surface area contributed by atoms with Crippen molar-refractivity contribution in [1.82, 2.24) is 9.80 Å². The van der Waals surface area contributed by atoms with Gasteiger partial charge in [0.05, 0.1) is 12.4 Å². The van der Waals surface area contributed by atoms with Gasteiger partial charge in [0.1, 0.15) is 11.1 Å². The van der Waals surface area contributed by atoms with E-state index in [1.54, 1.807) is 30.8 Å². The number of hydrogen-bond donors (Lipinski definition) is 0. The Morgan fingerprint density at radius 3 is 2.50 bits per heavy atom. The molecule has 0 aromatic heterocycles. The summed E-state index contributed by atoms with van der Waals surface area (Å²) in [6.07, 6.45) is 0. The molecule has 0 bridgehead atoms. The third-order valence-electron chi connectivity index (χ3n) is 4.19. The maximum absolute atomic E-state index is 12.5. The van der Waals surface area contributed by atoms with Crippen molar-refractivity contribution >= 4 is 23.6 Å². The van der Waals surface area contributed by atoms with Gasteiger partial charge in [-0.1, -0.05) is 26.0 Å². The Bertz CT molecular complexity index is 588. The number of thioether (sulfide) groups is 1. The number of rotatable bonds is 6. The van der Waals surface area contributed by atoms with Crippen molar-refractivity contribution in [2.75, 3.05) is 27.2 Å². The van der Waals surface area contributed by atoms with E-state index in [0.717, 1.165) is 11.3 Å². The van der Waals surface area contributed by atoms with Crippen LogP contribution in [0.4, 0.5) is 0 Å². The summed E-state index contributed by atoms with van der Waals surface area (Å²) in [4.78, 5) is 28.1. The van der Waals surface area contributed by atoms with E-state index >= 15 is 0 Å². The van der Waals surface area contributed by atoms with Gasteiger partial charge in [-0.05, 0) is 24.6 Å². The zero-order valence-corrected chi connectivity index (χ0v) is 15.8. The molecule has 1 aliphatic rings. The number of amides is 2. The van der Waals surface area contributed by atoms with Gasteiger partial charge >= 0.3 is 0 Å². The lowest BCUT2D eigenvalue weighted by Crippen LogP contribution is -2.40. The highest BCUT2D eigenvalue weighted by molar-refractivity contribution is 8.01. The molecular formula is C18H26N2O3S. The van der Waals surface area contributed by atoms with Crippen LogP contribution in [-0.2, 0) is 9.59 Å². The van der Waals surface area contributed by atoms with Gasteiger partial charge in [-0.25, -0.2) is 0 Å². The Kier molecular flexibility index (Phi) is 6.15. The van der Waals surface area contributed by atoms with Crippen LogP contribution < -0.4 is 4.74 Å². The van der Waals surface area contributed by atoms with Crippen LogP contribution in [0.3, 0.4) is 0 Å². The van der Waals surface area contributed by atoms with Crippen LogP contribution in [0.15, 0.2) is 24.3 Å². The molecule has 0 N–H and O–H groups in total. The lowest BCUT2D eigenvalue weighted by atomic mass is 10.2. The zero-order chi connectivity index (χ0) is 17.9. The summed E-state index contributed by atoms with van der Waals surface area (Å²) in [5, 5.41) is -0.0795. The lowest BCUT2D eigenvalue weighted by Gasteiger charge is -2.27. The second kappa shape index (κ2) is 7.92. The van der Waals surface area contributed by atoms with Gasteiger partial charge in [-0.15, -0.1) is 11.8 Å². The fraction of sp³-hybridized carbons (Fsp3) is 0.556. The largest absolute Gasteiger partial charge is 0.497 e. The molecular weight excluding hydrogens is 324 g/mol. The van der Waals surface area contributed by atoms with Crippen molar-refractivity contribution in [3.8, 4) is 5.75 Å². The lowest BCUT2D eigenvalue weighted by molar-refractivity contribution is -0.135. The predicted octanol–water partition coefficient (Wildman–Crippen LogP) is 2.77. The summed E-state index contributed by atoms with van der Waals surface area (Å²) in [7, 11) is 3.43. The normalized spacial score (nSPS) is 20.6. The molecule has 6 heteroatoms. The van der Waals surface area contributed by atoms with Crippen molar-refractivity contribution in [3.05, 3.63) is 29.8 Å². The highest BCUT2D eigenvalue weighted by atomic mass is 32.2. The molecule has 2 rings (SSSR count). The van der Waals surface area contributed by atoms with Crippen molar-refractivity contribution in [2.45, 2.75) is 31.4 Å². The van der Waals surface area contributed by atoms with Crippen molar-refractivity contribution in [3.63, 3.8) is 0 Å². The minimum Gasteiger partial charge on any atom is -0.497 e. The fourth-order valence-corrected chi connectivity index (χ4v) is 4.05. The number of methoxy groups -OCH3 is 1. The first-order valence-electron chi connectivity index (χ1n) is 8.20. The maximum Gasteiger partial charge on any atom is 0.236 e. The Morgan fingerprint density at radius 2 is 1.96 bits per heavy atom. The number of likely N-dealkylation sites (N-methyl/N-ethyl adjacent to an activating group) is 1. The summed E-state index contributed by atoms with van der Waals surface area (Å²) in [6, 6.07) is 7.82. The third-order valence-corrected chi connectivity index (χ3v) is 5.59. The van der Waals surface area contributed by atoms with E-state index in [0.29, 0.717) is 13.1 Å². The van der Waals surface area contributed by atoms with Crippen LogP contribution >= 0.6 is 11.8 Å². The number of nitrogens with zero attached hydrogens (tertiary/aromatic N) is 2. The van der Waals surface area contributed by atoms with Crippen molar-refractivity contribution < 1.29 is 14.3 Å². The van der Waals surface area contributed by atoms with E-state index in [2.05, 4.69) is 0 Å².